The highest BCUT2D eigenvalue weighted by atomic mass is 19.4. The number of carbonyl (C=O) groups excluding carboxylic acids is 2. The Balaban J connectivity index is 2.08. The third-order valence-electron chi connectivity index (χ3n) is 2.45. The van der Waals surface area contributed by atoms with Gasteiger partial charge in [-0.2, -0.15) is 13.2 Å². The normalized spacial score (nSPS) is 20.4. The van der Waals surface area contributed by atoms with Crippen molar-refractivity contribution in [3.05, 3.63) is 0 Å². The van der Waals surface area contributed by atoms with Crippen LogP contribution in [0.3, 0.4) is 0 Å². The number of rotatable bonds is 5. The summed E-state index contributed by atoms with van der Waals surface area (Å²) in [5.41, 5.74) is 0. The number of carbonyl (C=O) groups is 2. The van der Waals surface area contributed by atoms with Crippen LogP contribution in [-0.2, 0) is 14.3 Å². The Kier molecular flexibility index (Phi) is 5.39. The van der Waals surface area contributed by atoms with Crippen LogP contribution in [-0.4, -0.2) is 44.3 Å². The second-order valence-corrected chi connectivity index (χ2v) is 4.00. The first-order valence-electron chi connectivity index (χ1n) is 5.57. The molecular weight excluding hydrogens is 253 g/mol. The number of hydrogen-bond donors (Lipinski definition) is 2. The van der Waals surface area contributed by atoms with Gasteiger partial charge in [0.25, 0.3) is 0 Å². The van der Waals surface area contributed by atoms with Crippen molar-refractivity contribution in [2.45, 2.75) is 19.0 Å². The van der Waals surface area contributed by atoms with E-state index in [9.17, 15) is 22.8 Å². The van der Waals surface area contributed by atoms with Crippen LogP contribution in [0, 0.1) is 5.92 Å². The highest BCUT2D eigenvalue weighted by Gasteiger charge is 2.27. The molecule has 1 aliphatic rings. The molecule has 1 saturated heterocycles. The van der Waals surface area contributed by atoms with Gasteiger partial charge in [0.1, 0.15) is 6.61 Å². The van der Waals surface area contributed by atoms with Crippen LogP contribution in [0.5, 0.6) is 0 Å². The average molecular weight is 268 g/mol. The van der Waals surface area contributed by atoms with Crippen LogP contribution >= 0.6 is 0 Å². The SMILES string of the molecule is O=C1CCC(C(=O)NCCOCC(F)(F)F)CN1. The smallest absolute Gasteiger partial charge is 0.370 e. The van der Waals surface area contributed by atoms with E-state index in [1.54, 1.807) is 0 Å². The van der Waals surface area contributed by atoms with E-state index in [0.717, 1.165) is 0 Å². The fraction of sp³-hybridized carbons (Fsp3) is 0.800. The maximum Gasteiger partial charge on any atom is 0.411 e. The van der Waals surface area contributed by atoms with Gasteiger partial charge in [-0.05, 0) is 6.42 Å². The van der Waals surface area contributed by atoms with Crippen molar-refractivity contribution in [3.8, 4) is 0 Å². The third-order valence-corrected chi connectivity index (χ3v) is 2.45. The molecule has 1 unspecified atom stereocenters. The van der Waals surface area contributed by atoms with Crippen molar-refractivity contribution < 1.29 is 27.5 Å². The van der Waals surface area contributed by atoms with Gasteiger partial charge >= 0.3 is 6.18 Å². The molecule has 0 aliphatic carbocycles. The second kappa shape index (κ2) is 6.58. The standard InChI is InChI=1S/C10H15F3N2O3/c11-10(12,13)6-18-4-3-14-9(17)7-1-2-8(16)15-5-7/h7H,1-6H2,(H,14,17)(H,15,16). The van der Waals surface area contributed by atoms with E-state index in [-0.39, 0.29) is 37.4 Å². The van der Waals surface area contributed by atoms with Gasteiger partial charge in [-0.15, -0.1) is 0 Å². The van der Waals surface area contributed by atoms with Crippen molar-refractivity contribution in [1.29, 1.82) is 0 Å². The number of alkyl halides is 3. The molecular formula is C10H15F3N2O3. The third kappa shape index (κ3) is 5.85. The predicted molar refractivity (Wildman–Crippen MR) is 55.6 cm³/mol. The summed E-state index contributed by atoms with van der Waals surface area (Å²) in [5.74, 6) is -0.677. The first kappa shape index (κ1) is 14.7. The molecule has 0 spiro atoms. The maximum absolute atomic E-state index is 11.7. The Bertz CT molecular complexity index is 297. The predicted octanol–water partition coefficient (Wildman–Crippen LogP) is 0.208. The summed E-state index contributed by atoms with van der Waals surface area (Å²) < 4.78 is 39.5. The van der Waals surface area contributed by atoms with Crippen molar-refractivity contribution >= 4 is 11.8 Å². The minimum Gasteiger partial charge on any atom is -0.370 e. The molecule has 104 valence electrons. The summed E-state index contributed by atoms with van der Waals surface area (Å²) in [4.78, 5) is 22.4. The zero-order valence-corrected chi connectivity index (χ0v) is 9.68. The summed E-state index contributed by atoms with van der Waals surface area (Å²) in [6.07, 6.45) is -3.60. The van der Waals surface area contributed by atoms with Crippen molar-refractivity contribution in [2.75, 3.05) is 26.3 Å². The van der Waals surface area contributed by atoms with Crippen LogP contribution in [0.25, 0.3) is 0 Å². The van der Waals surface area contributed by atoms with Gasteiger partial charge in [-0.3, -0.25) is 9.59 Å². The quantitative estimate of drug-likeness (QED) is 0.700. The summed E-state index contributed by atoms with van der Waals surface area (Å²) in [5, 5.41) is 5.03. The Labute approximate surface area is 102 Å². The van der Waals surface area contributed by atoms with Crippen LogP contribution in [0.1, 0.15) is 12.8 Å². The fourth-order valence-electron chi connectivity index (χ4n) is 1.54. The van der Waals surface area contributed by atoms with E-state index in [2.05, 4.69) is 15.4 Å². The fourth-order valence-corrected chi connectivity index (χ4v) is 1.54. The zero-order valence-electron chi connectivity index (χ0n) is 9.68. The number of amides is 2. The zero-order chi connectivity index (χ0) is 13.6. The lowest BCUT2D eigenvalue weighted by molar-refractivity contribution is -0.173. The van der Waals surface area contributed by atoms with E-state index in [0.29, 0.717) is 12.8 Å². The lowest BCUT2D eigenvalue weighted by Crippen LogP contribution is -2.43. The Morgan fingerprint density at radius 3 is 2.78 bits per heavy atom. The van der Waals surface area contributed by atoms with E-state index in [1.165, 1.54) is 0 Å². The highest BCUT2D eigenvalue weighted by molar-refractivity contribution is 5.83. The number of halogens is 3. The Morgan fingerprint density at radius 2 is 2.22 bits per heavy atom. The molecule has 0 bridgehead atoms. The molecule has 0 aromatic heterocycles. The van der Waals surface area contributed by atoms with Crippen LogP contribution in [0.2, 0.25) is 0 Å². The first-order chi connectivity index (χ1) is 8.38. The van der Waals surface area contributed by atoms with E-state index >= 15 is 0 Å². The van der Waals surface area contributed by atoms with Crippen LogP contribution in [0.15, 0.2) is 0 Å². The molecule has 0 aromatic rings. The minimum absolute atomic E-state index is 0.0271. The van der Waals surface area contributed by atoms with Gasteiger partial charge in [0.2, 0.25) is 11.8 Å². The van der Waals surface area contributed by atoms with E-state index in [4.69, 9.17) is 0 Å². The summed E-state index contributed by atoms with van der Waals surface area (Å²) >= 11 is 0. The summed E-state index contributed by atoms with van der Waals surface area (Å²) in [6.45, 7) is -1.21. The van der Waals surface area contributed by atoms with Crippen LogP contribution < -0.4 is 10.6 Å². The Morgan fingerprint density at radius 1 is 1.50 bits per heavy atom. The molecule has 8 heteroatoms. The topological polar surface area (TPSA) is 67.4 Å². The largest absolute Gasteiger partial charge is 0.411 e. The highest BCUT2D eigenvalue weighted by Crippen LogP contribution is 2.14. The average Bonchev–Trinajstić information content (AvgIpc) is 2.27. The van der Waals surface area contributed by atoms with Gasteiger partial charge in [0.15, 0.2) is 0 Å². The van der Waals surface area contributed by atoms with E-state index < -0.39 is 12.8 Å². The Hall–Kier alpha value is -1.31. The van der Waals surface area contributed by atoms with Gasteiger partial charge < -0.3 is 15.4 Å². The van der Waals surface area contributed by atoms with E-state index in [1.807, 2.05) is 0 Å². The lowest BCUT2D eigenvalue weighted by Gasteiger charge is -2.21. The lowest BCUT2D eigenvalue weighted by atomic mass is 9.98. The first-order valence-corrected chi connectivity index (χ1v) is 5.57. The number of piperidine rings is 1. The summed E-state index contributed by atoms with van der Waals surface area (Å²) in [6, 6.07) is 0. The summed E-state index contributed by atoms with van der Waals surface area (Å²) in [7, 11) is 0. The molecule has 0 radical (unpaired) electrons. The molecule has 5 nitrogen and oxygen atoms in total. The molecule has 1 atom stereocenters. The van der Waals surface area contributed by atoms with Crippen LogP contribution in [0.4, 0.5) is 13.2 Å². The number of ether oxygens (including phenoxy) is 1. The molecule has 1 fully saturated rings. The monoisotopic (exact) mass is 268 g/mol. The minimum atomic E-state index is -4.35. The number of nitrogens with one attached hydrogen (secondary N) is 2. The molecule has 1 heterocycles. The van der Waals surface area contributed by atoms with Gasteiger partial charge in [0.05, 0.1) is 12.5 Å². The maximum atomic E-state index is 11.7. The van der Waals surface area contributed by atoms with Gasteiger partial charge in [-0.1, -0.05) is 0 Å². The molecule has 1 aliphatic heterocycles. The molecule has 2 amide bonds. The van der Waals surface area contributed by atoms with Gasteiger partial charge in [0, 0.05) is 19.5 Å². The second-order valence-electron chi connectivity index (χ2n) is 4.00. The van der Waals surface area contributed by atoms with Crippen molar-refractivity contribution in [1.82, 2.24) is 10.6 Å². The van der Waals surface area contributed by atoms with Crippen molar-refractivity contribution in [2.24, 2.45) is 5.92 Å². The van der Waals surface area contributed by atoms with Gasteiger partial charge in [-0.25, -0.2) is 0 Å². The molecule has 0 saturated carbocycles. The molecule has 2 N–H and O–H groups in total. The molecule has 1 rings (SSSR count). The molecule has 0 aromatic carbocycles. The molecule has 18 heavy (non-hydrogen) atoms. The van der Waals surface area contributed by atoms with Crippen molar-refractivity contribution in [3.63, 3.8) is 0 Å². The number of hydrogen-bond acceptors (Lipinski definition) is 3.